The Hall–Kier alpha value is -1.68. The maximum atomic E-state index is 10.8. The Bertz CT molecular complexity index is 495. The molecule has 0 amide bonds. The van der Waals surface area contributed by atoms with Gasteiger partial charge >= 0.3 is 5.69 Å². The molecule has 0 saturated heterocycles. The molecule has 2 aromatic heterocycles. The molecule has 0 bridgehead atoms. The summed E-state index contributed by atoms with van der Waals surface area (Å²) in [5.74, 6) is 0. The lowest BCUT2D eigenvalue weighted by atomic mass is 10.2. The SMILES string of the molecule is O=c1ncc(-c2ccccn2)c(Cl)[nH]1. The molecule has 2 heterocycles. The van der Waals surface area contributed by atoms with Crippen LogP contribution in [-0.4, -0.2) is 15.0 Å². The summed E-state index contributed by atoms with van der Waals surface area (Å²) >= 11 is 5.83. The van der Waals surface area contributed by atoms with Crippen LogP contribution < -0.4 is 5.69 Å². The number of H-pyrrole nitrogens is 1. The van der Waals surface area contributed by atoms with Crippen LogP contribution in [0.3, 0.4) is 0 Å². The lowest BCUT2D eigenvalue weighted by Gasteiger charge is -2.00. The van der Waals surface area contributed by atoms with Crippen molar-refractivity contribution in [3.05, 3.63) is 46.2 Å². The number of nitrogens with one attached hydrogen (secondary N) is 1. The molecule has 0 fully saturated rings. The summed E-state index contributed by atoms with van der Waals surface area (Å²) in [5, 5.41) is 0.253. The van der Waals surface area contributed by atoms with Gasteiger partial charge in [0, 0.05) is 12.4 Å². The highest BCUT2D eigenvalue weighted by atomic mass is 35.5. The van der Waals surface area contributed by atoms with Crippen LogP contribution >= 0.6 is 11.6 Å². The lowest BCUT2D eigenvalue weighted by Crippen LogP contribution is -2.09. The summed E-state index contributed by atoms with van der Waals surface area (Å²) in [6.45, 7) is 0. The van der Waals surface area contributed by atoms with E-state index in [1.54, 1.807) is 18.3 Å². The Labute approximate surface area is 84.6 Å². The second-order valence-corrected chi connectivity index (χ2v) is 3.01. The standard InChI is InChI=1S/C9H6ClN3O/c10-8-6(5-12-9(14)13-8)7-3-1-2-4-11-7/h1-5H,(H,12,13,14). The molecule has 2 rings (SSSR count). The maximum Gasteiger partial charge on any atom is 0.346 e. The first-order valence-electron chi connectivity index (χ1n) is 3.93. The molecule has 70 valence electrons. The number of rotatable bonds is 1. The van der Waals surface area contributed by atoms with Gasteiger partial charge in [0.25, 0.3) is 0 Å². The Balaban J connectivity index is 2.58. The van der Waals surface area contributed by atoms with E-state index >= 15 is 0 Å². The van der Waals surface area contributed by atoms with Crippen LogP contribution in [0.4, 0.5) is 0 Å². The molecule has 0 saturated carbocycles. The average molecular weight is 208 g/mol. The second kappa shape index (κ2) is 3.59. The van der Waals surface area contributed by atoms with Gasteiger partial charge < -0.3 is 0 Å². The second-order valence-electron chi connectivity index (χ2n) is 2.63. The molecule has 0 aromatic carbocycles. The highest BCUT2D eigenvalue weighted by molar-refractivity contribution is 6.31. The Kier molecular flexibility index (Phi) is 2.28. The zero-order valence-electron chi connectivity index (χ0n) is 7.07. The zero-order chi connectivity index (χ0) is 9.97. The first-order valence-corrected chi connectivity index (χ1v) is 4.31. The van der Waals surface area contributed by atoms with Gasteiger partial charge in [0.2, 0.25) is 0 Å². The average Bonchev–Trinajstić information content (AvgIpc) is 2.19. The topological polar surface area (TPSA) is 58.6 Å². The fourth-order valence-electron chi connectivity index (χ4n) is 1.07. The molecule has 0 aliphatic rings. The fourth-order valence-corrected chi connectivity index (χ4v) is 1.30. The van der Waals surface area contributed by atoms with Crippen molar-refractivity contribution in [3.63, 3.8) is 0 Å². The van der Waals surface area contributed by atoms with E-state index in [0.29, 0.717) is 11.3 Å². The molecule has 0 aliphatic heterocycles. The first kappa shape index (κ1) is 8.90. The van der Waals surface area contributed by atoms with Crippen LogP contribution in [0, 0.1) is 0 Å². The van der Waals surface area contributed by atoms with E-state index in [2.05, 4.69) is 15.0 Å². The summed E-state index contributed by atoms with van der Waals surface area (Å²) in [4.78, 5) is 20.9. The third-order valence-corrected chi connectivity index (χ3v) is 2.00. The van der Waals surface area contributed by atoms with Gasteiger partial charge in [-0.15, -0.1) is 0 Å². The van der Waals surface area contributed by atoms with Gasteiger partial charge in [-0.3, -0.25) is 9.97 Å². The summed E-state index contributed by atoms with van der Waals surface area (Å²) in [5.41, 5.74) is 0.836. The molecule has 0 aliphatic carbocycles. The van der Waals surface area contributed by atoms with Crippen molar-refractivity contribution in [1.29, 1.82) is 0 Å². The number of aromatic nitrogens is 3. The number of aromatic amines is 1. The molecule has 0 atom stereocenters. The van der Waals surface area contributed by atoms with Crippen LogP contribution in [0.15, 0.2) is 35.4 Å². The summed E-state index contributed by atoms with van der Waals surface area (Å²) in [7, 11) is 0. The summed E-state index contributed by atoms with van der Waals surface area (Å²) in [6.07, 6.45) is 3.06. The van der Waals surface area contributed by atoms with Gasteiger partial charge in [-0.2, -0.15) is 0 Å². The van der Waals surface area contributed by atoms with Crippen molar-refractivity contribution >= 4 is 11.6 Å². The quantitative estimate of drug-likeness (QED) is 0.721. The maximum absolute atomic E-state index is 10.8. The molecule has 0 spiro atoms. The first-order chi connectivity index (χ1) is 6.77. The summed E-state index contributed by atoms with van der Waals surface area (Å²) < 4.78 is 0. The van der Waals surface area contributed by atoms with Gasteiger partial charge in [-0.1, -0.05) is 17.7 Å². The van der Waals surface area contributed by atoms with Crippen molar-refractivity contribution in [3.8, 4) is 11.3 Å². The fraction of sp³-hybridized carbons (Fsp3) is 0. The van der Waals surface area contributed by atoms with Gasteiger partial charge in [-0.05, 0) is 12.1 Å². The molecule has 1 N–H and O–H groups in total. The number of hydrogen-bond acceptors (Lipinski definition) is 3. The molecular formula is C9H6ClN3O. The van der Waals surface area contributed by atoms with E-state index in [-0.39, 0.29) is 5.15 Å². The van der Waals surface area contributed by atoms with Crippen molar-refractivity contribution in [2.75, 3.05) is 0 Å². The molecule has 5 heteroatoms. The van der Waals surface area contributed by atoms with Gasteiger partial charge in [0.1, 0.15) is 5.15 Å². The van der Waals surface area contributed by atoms with Crippen LogP contribution in [-0.2, 0) is 0 Å². The predicted octanol–water partition coefficient (Wildman–Crippen LogP) is 1.49. The van der Waals surface area contributed by atoms with E-state index in [1.165, 1.54) is 6.20 Å². The Morgan fingerprint density at radius 3 is 2.79 bits per heavy atom. The largest absolute Gasteiger partial charge is 0.346 e. The molecule has 2 aromatic rings. The Morgan fingerprint density at radius 1 is 1.29 bits per heavy atom. The summed E-state index contributed by atoms with van der Waals surface area (Å²) in [6, 6.07) is 5.43. The van der Waals surface area contributed by atoms with Crippen LogP contribution in [0.2, 0.25) is 5.15 Å². The third kappa shape index (κ3) is 1.65. The van der Waals surface area contributed by atoms with E-state index in [1.807, 2.05) is 6.07 Å². The van der Waals surface area contributed by atoms with Gasteiger partial charge in [-0.25, -0.2) is 9.78 Å². The monoisotopic (exact) mass is 207 g/mol. The number of pyridine rings is 1. The lowest BCUT2D eigenvalue weighted by molar-refractivity contribution is 1.07. The highest BCUT2D eigenvalue weighted by Gasteiger charge is 2.04. The van der Waals surface area contributed by atoms with Crippen molar-refractivity contribution in [1.82, 2.24) is 15.0 Å². The number of nitrogens with zero attached hydrogens (tertiary/aromatic N) is 2. The van der Waals surface area contributed by atoms with Crippen LogP contribution in [0.5, 0.6) is 0 Å². The van der Waals surface area contributed by atoms with E-state index in [0.717, 1.165) is 0 Å². The zero-order valence-corrected chi connectivity index (χ0v) is 7.82. The molecule has 0 radical (unpaired) electrons. The normalized spacial score (nSPS) is 10.1. The molecule has 0 unspecified atom stereocenters. The smallest absolute Gasteiger partial charge is 0.296 e. The molecule has 14 heavy (non-hydrogen) atoms. The highest BCUT2D eigenvalue weighted by Crippen LogP contribution is 2.21. The van der Waals surface area contributed by atoms with Crippen molar-refractivity contribution in [2.24, 2.45) is 0 Å². The minimum atomic E-state index is -0.463. The minimum absolute atomic E-state index is 0.253. The van der Waals surface area contributed by atoms with E-state index in [4.69, 9.17) is 11.6 Å². The van der Waals surface area contributed by atoms with Crippen LogP contribution in [0.1, 0.15) is 0 Å². The molecule has 4 nitrogen and oxygen atoms in total. The number of halogens is 1. The van der Waals surface area contributed by atoms with Gasteiger partial charge in [0.05, 0.1) is 11.3 Å². The Morgan fingerprint density at radius 2 is 2.14 bits per heavy atom. The van der Waals surface area contributed by atoms with Gasteiger partial charge in [0.15, 0.2) is 0 Å². The third-order valence-electron chi connectivity index (χ3n) is 1.70. The van der Waals surface area contributed by atoms with Crippen molar-refractivity contribution in [2.45, 2.75) is 0 Å². The minimum Gasteiger partial charge on any atom is -0.296 e. The van der Waals surface area contributed by atoms with E-state index in [9.17, 15) is 4.79 Å². The number of hydrogen-bond donors (Lipinski definition) is 1. The molecular weight excluding hydrogens is 202 g/mol. The van der Waals surface area contributed by atoms with Crippen LogP contribution in [0.25, 0.3) is 11.3 Å². The van der Waals surface area contributed by atoms with E-state index < -0.39 is 5.69 Å². The predicted molar refractivity (Wildman–Crippen MR) is 53.1 cm³/mol. The van der Waals surface area contributed by atoms with Crippen molar-refractivity contribution < 1.29 is 0 Å².